The summed E-state index contributed by atoms with van der Waals surface area (Å²) in [5, 5.41) is 20.9. The summed E-state index contributed by atoms with van der Waals surface area (Å²) >= 11 is 1.52. The molecule has 3 aliphatic rings. The second-order valence-corrected chi connectivity index (χ2v) is 8.44. The average Bonchev–Trinajstić information content (AvgIpc) is 3.30. The fourth-order valence-corrected chi connectivity index (χ4v) is 5.73. The average molecular weight is 332 g/mol. The van der Waals surface area contributed by atoms with Crippen LogP contribution in [0.15, 0.2) is 21.9 Å². The van der Waals surface area contributed by atoms with Gasteiger partial charge in [-0.1, -0.05) is 6.42 Å². The Labute approximate surface area is 141 Å². The molecule has 2 saturated carbocycles. The van der Waals surface area contributed by atoms with E-state index in [-0.39, 0.29) is 17.7 Å². The second kappa shape index (κ2) is 5.42. The minimum absolute atomic E-state index is 0.0269. The number of carbonyl (C=O) groups excluding carboxylic acids is 1. The smallest absolute Gasteiger partial charge is 0.184 e. The van der Waals surface area contributed by atoms with Gasteiger partial charge in [-0.15, -0.1) is 0 Å². The Morgan fingerprint density at radius 1 is 1.48 bits per heavy atom. The first-order chi connectivity index (χ1) is 11.0. The highest BCUT2D eigenvalue weighted by atomic mass is 32.1. The van der Waals surface area contributed by atoms with Crippen LogP contribution in [0.5, 0.6) is 0 Å². The van der Waals surface area contributed by atoms with Gasteiger partial charge in [0.25, 0.3) is 0 Å². The van der Waals surface area contributed by atoms with E-state index in [1.54, 1.807) is 5.01 Å². The summed E-state index contributed by atoms with van der Waals surface area (Å²) in [6.07, 6.45) is 4.48. The lowest BCUT2D eigenvalue weighted by molar-refractivity contribution is -0.0634. The summed E-state index contributed by atoms with van der Waals surface area (Å²) in [6, 6.07) is 1.83. The molecule has 1 aromatic rings. The number of ketones is 1. The van der Waals surface area contributed by atoms with Gasteiger partial charge in [0.15, 0.2) is 12.0 Å². The molecule has 2 heterocycles. The van der Waals surface area contributed by atoms with Crippen molar-refractivity contribution in [2.24, 2.45) is 28.3 Å². The number of hydrazone groups is 1. The number of thiophene rings is 1. The Morgan fingerprint density at radius 3 is 2.91 bits per heavy atom. The second-order valence-electron chi connectivity index (χ2n) is 7.66. The van der Waals surface area contributed by atoms with Gasteiger partial charge in [-0.3, -0.25) is 9.80 Å². The molecule has 2 fully saturated rings. The van der Waals surface area contributed by atoms with Crippen molar-refractivity contribution in [1.82, 2.24) is 5.01 Å². The molecule has 2 unspecified atom stereocenters. The van der Waals surface area contributed by atoms with Crippen LogP contribution in [-0.2, 0) is 0 Å². The fourth-order valence-electron chi connectivity index (χ4n) is 5.07. The molecule has 2 bridgehead atoms. The maximum atomic E-state index is 12.4. The third kappa shape index (κ3) is 2.28. The summed E-state index contributed by atoms with van der Waals surface area (Å²) in [6.45, 7) is 4.33. The van der Waals surface area contributed by atoms with E-state index in [1.165, 1.54) is 37.0 Å². The van der Waals surface area contributed by atoms with Crippen LogP contribution in [0.1, 0.15) is 49.9 Å². The Balaban J connectivity index is 1.53. The van der Waals surface area contributed by atoms with Gasteiger partial charge in [0.1, 0.15) is 6.54 Å². The van der Waals surface area contributed by atoms with E-state index in [0.717, 1.165) is 17.5 Å². The standard InChI is InChI=1S/C18H24N2O2S/c1-11-18(2,15-8-12-3-4-13(15)7-12)17(22)20(19-11)9-16(21)14-5-6-23-10-14/h5-6,10,12-13,15,17,22H,3-4,7-9H2,1-2H3/t12-,13+,15-,17?,18?/m0/s1. The minimum atomic E-state index is -0.686. The lowest BCUT2D eigenvalue weighted by atomic mass is 9.66. The van der Waals surface area contributed by atoms with Gasteiger partial charge in [-0.2, -0.15) is 16.4 Å². The van der Waals surface area contributed by atoms with Crippen molar-refractivity contribution in [2.75, 3.05) is 6.54 Å². The zero-order valence-corrected chi connectivity index (χ0v) is 14.6. The molecule has 0 saturated heterocycles. The van der Waals surface area contributed by atoms with Crippen LogP contribution in [0.25, 0.3) is 0 Å². The molecule has 2 aliphatic carbocycles. The van der Waals surface area contributed by atoms with Crippen molar-refractivity contribution >= 4 is 22.8 Å². The molecule has 4 rings (SSSR count). The molecule has 0 radical (unpaired) electrons. The SMILES string of the molecule is CC1=NN(CC(=O)c2ccsc2)C(O)C1(C)[C@H]1C[C@H]2CC[C@@H]1C2. The van der Waals surface area contributed by atoms with Crippen molar-refractivity contribution in [1.29, 1.82) is 0 Å². The highest BCUT2D eigenvalue weighted by molar-refractivity contribution is 7.08. The number of hydrogen-bond donors (Lipinski definition) is 1. The Hall–Kier alpha value is -1.20. The first-order valence-electron chi connectivity index (χ1n) is 8.56. The molecule has 5 heteroatoms. The summed E-state index contributed by atoms with van der Waals surface area (Å²) < 4.78 is 0. The maximum absolute atomic E-state index is 12.4. The van der Waals surface area contributed by atoms with E-state index < -0.39 is 6.23 Å². The Bertz CT molecular complexity index is 641. The van der Waals surface area contributed by atoms with Gasteiger partial charge in [0, 0.05) is 16.7 Å². The molecule has 1 aliphatic heterocycles. The number of nitrogens with zero attached hydrogens (tertiary/aromatic N) is 2. The normalized spacial score (nSPS) is 39.1. The molecule has 124 valence electrons. The van der Waals surface area contributed by atoms with Crippen LogP contribution in [0.2, 0.25) is 0 Å². The highest BCUT2D eigenvalue weighted by Crippen LogP contribution is 2.57. The van der Waals surface area contributed by atoms with Crippen LogP contribution in [0, 0.1) is 23.2 Å². The summed E-state index contributed by atoms with van der Waals surface area (Å²) in [4.78, 5) is 12.4. The number of carbonyl (C=O) groups is 1. The molecule has 1 aromatic heterocycles. The Morgan fingerprint density at radius 2 is 2.30 bits per heavy atom. The van der Waals surface area contributed by atoms with Gasteiger partial charge in [0.2, 0.25) is 0 Å². The number of hydrogen-bond acceptors (Lipinski definition) is 5. The molecular formula is C18H24N2O2S. The van der Waals surface area contributed by atoms with Crippen LogP contribution >= 0.6 is 11.3 Å². The summed E-state index contributed by atoms with van der Waals surface area (Å²) in [5.74, 6) is 2.08. The lowest BCUT2D eigenvalue weighted by Gasteiger charge is -2.40. The fraction of sp³-hybridized carbons (Fsp3) is 0.667. The van der Waals surface area contributed by atoms with Crippen LogP contribution in [-0.4, -0.2) is 34.4 Å². The largest absolute Gasteiger partial charge is 0.371 e. The summed E-state index contributed by atoms with van der Waals surface area (Å²) in [7, 11) is 0. The van der Waals surface area contributed by atoms with Crippen LogP contribution in [0.4, 0.5) is 0 Å². The van der Waals surface area contributed by atoms with Crippen molar-refractivity contribution in [3.63, 3.8) is 0 Å². The Kier molecular flexibility index (Phi) is 3.61. The van der Waals surface area contributed by atoms with Crippen LogP contribution in [0.3, 0.4) is 0 Å². The van der Waals surface area contributed by atoms with E-state index in [4.69, 9.17) is 0 Å². The zero-order valence-electron chi connectivity index (χ0n) is 13.7. The molecule has 1 N–H and O–H groups in total. The van der Waals surface area contributed by atoms with Gasteiger partial charge >= 0.3 is 0 Å². The lowest BCUT2D eigenvalue weighted by Crippen LogP contribution is -2.48. The minimum Gasteiger partial charge on any atom is -0.371 e. The van der Waals surface area contributed by atoms with Crippen molar-refractivity contribution in [3.8, 4) is 0 Å². The first-order valence-corrected chi connectivity index (χ1v) is 9.50. The molecular weight excluding hydrogens is 308 g/mol. The number of aliphatic hydroxyl groups is 1. The monoisotopic (exact) mass is 332 g/mol. The van der Waals surface area contributed by atoms with E-state index >= 15 is 0 Å². The molecule has 23 heavy (non-hydrogen) atoms. The predicted octanol–water partition coefficient (Wildman–Crippen LogP) is 3.38. The molecule has 4 nitrogen and oxygen atoms in total. The van der Waals surface area contributed by atoms with Gasteiger partial charge in [0.05, 0.1) is 5.41 Å². The molecule has 0 spiro atoms. The van der Waals surface area contributed by atoms with E-state index in [0.29, 0.717) is 11.5 Å². The van der Waals surface area contributed by atoms with Gasteiger partial charge in [-0.05, 0) is 62.3 Å². The van der Waals surface area contributed by atoms with Gasteiger partial charge in [-0.25, -0.2) is 0 Å². The topological polar surface area (TPSA) is 52.9 Å². The van der Waals surface area contributed by atoms with Crippen molar-refractivity contribution < 1.29 is 9.90 Å². The predicted molar refractivity (Wildman–Crippen MR) is 91.5 cm³/mol. The molecule has 0 aromatic carbocycles. The van der Waals surface area contributed by atoms with Crippen LogP contribution < -0.4 is 0 Å². The highest BCUT2D eigenvalue weighted by Gasteiger charge is 2.56. The molecule has 0 amide bonds. The first kappa shape index (κ1) is 15.3. The quantitative estimate of drug-likeness (QED) is 0.860. The van der Waals surface area contributed by atoms with Crippen molar-refractivity contribution in [2.45, 2.75) is 45.8 Å². The summed E-state index contributed by atoms with van der Waals surface area (Å²) in [5.41, 5.74) is 1.39. The van der Waals surface area contributed by atoms with Gasteiger partial charge < -0.3 is 5.11 Å². The number of Topliss-reactive ketones (excluding diaryl/α,β-unsaturated/α-hetero) is 1. The van der Waals surface area contributed by atoms with E-state index in [2.05, 4.69) is 12.0 Å². The zero-order chi connectivity index (χ0) is 16.2. The third-order valence-electron chi connectivity index (χ3n) is 6.53. The third-order valence-corrected chi connectivity index (χ3v) is 7.22. The molecule has 5 atom stereocenters. The number of aliphatic hydroxyl groups excluding tert-OH is 1. The van der Waals surface area contributed by atoms with E-state index in [9.17, 15) is 9.90 Å². The van der Waals surface area contributed by atoms with E-state index in [1.807, 2.05) is 23.8 Å². The number of rotatable bonds is 4. The van der Waals surface area contributed by atoms with Crippen molar-refractivity contribution in [3.05, 3.63) is 22.4 Å². The number of fused-ring (bicyclic) bond motifs is 2. The maximum Gasteiger partial charge on any atom is 0.184 e.